The van der Waals surface area contributed by atoms with Crippen LogP contribution >= 0.6 is 34.7 Å². The number of hydrogen-bond donors (Lipinski definition) is 0. The van der Waals surface area contributed by atoms with Gasteiger partial charge in [0.15, 0.2) is 16.7 Å². The molecular formula is C22H19ClN4O2S2. The van der Waals surface area contributed by atoms with Crippen molar-refractivity contribution in [2.75, 3.05) is 6.79 Å². The zero-order valence-corrected chi connectivity index (χ0v) is 19.1. The molecule has 0 saturated heterocycles. The van der Waals surface area contributed by atoms with Gasteiger partial charge in [0.05, 0.1) is 5.69 Å². The van der Waals surface area contributed by atoms with E-state index in [1.54, 1.807) is 23.1 Å². The van der Waals surface area contributed by atoms with E-state index in [0.29, 0.717) is 0 Å². The molecule has 4 aromatic rings. The van der Waals surface area contributed by atoms with Crippen molar-refractivity contribution in [3.63, 3.8) is 0 Å². The lowest BCUT2D eigenvalue weighted by Crippen LogP contribution is -2.04. The van der Waals surface area contributed by atoms with Gasteiger partial charge in [-0.2, -0.15) is 0 Å². The zero-order valence-electron chi connectivity index (χ0n) is 16.7. The Morgan fingerprint density at radius 2 is 1.94 bits per heavy atom. The van der Waals surface area contributed by atoms with Gasteiger partial charge in [0, 0.05) is 34.7 Å². The third-order valence-corrected chi connectivity index (χ3v) is 7.10. The van der Waals surface area contributed by atoms with E-state index < -0.39 is 0 Å². The maximum atomic E-state index is 5.99. The van der Waals surface area contributed by atoms with Gasteiger partial charge in [0.25, 0.3) is 0 Å². The van der Waals surface area contributed by atoms with Crippen LogP contribution in [-0.2, 0) is 18.7 Å². The first-order valence-electron chi connectivity index (χ1n) is 9.83. The fourth-order valence-electron chi connectivity index (χ4n) is 3.33. The van der Waals surface area contributed by atoms with Crippen LogP contribution < -0.4 is 9.47 Å². The average molecular weight is 471 g/mol. The zero-order chi connectivity index (χ0) is 21.2. The summed E-state index contributed by atoms with van der Waals surface area (Å²) in [5, 5.41) is 13.5. The van der Waals surface area contributed by atoms with E-state index in [1.165, 1.54) is 0 Å². The van der Waals surface area contributed by atoms with E-state index >= 15 is 0 Å². The topological polar surface area (TPSA) is 62.1 Å². The molecule has 1 aliphatic rings. The minimum absolute atomic E-state index is 0.274. The molecular weight excluding hydrogens is 452 g/mol. The Bertz CT molecular complexity index is 1210. The summed E-state index contributed by atoms with van der Waals surface area (Å²) in [6.07, 6.45) is 0.726. The lowest BCUT2D eigenvalue weighted by atomic mass is 10.1. The molecule has 0 atom stereocenters. The molecule has 0 radical (unpaired) electrons. The highest BCUT2D eigenvalue weighted by Gasteiger charge is 2.16. The highest BCUT2D eigenvalue weighted by atomic mass is 35.5. The van der Waals surface area contributed by atoms with Crippen molar-refractivity contribution in [2.24, 2.45) is 0 Å². The molecule has 0 spiro atoms. The largest absolute Gasteiger partial charge is 0.454 e. The lowest BCUT2D eigenvalue weighted by Gasteiger charge is -2.07. The van der Waals surface area contributed by atoms with Gasteiger partial charge in [-0.3, -0.25) is 0 Å². The van der Waals surface area contributed by atoms with Crippen molar-refractivity contribution in [2.45, 2.75) is 30.8 Å². The Morgan fingerprint density at radius 3 is 2.77 bits per heavy atom. The summed E-state index contributed by atoms with van der Waals surface area (Å²) < 4.78 is 13.0. The smallest absolute Gasteiger partial charge is 0.231 e. The van der Waals surface area contributed by atoms with Gasteiger partial charge in [0.1, 0.15) is 10.8 Å². The Labute approximate surface area is 193 Å². The summed E-state index contributed by atoms with van der Waals surface area (Å²) in [5.74, 6) is 3.24. The second kappa shape index (κ2) is 8.90. The number of thioether (sulfide) groups is 1. The van der Waals surface area contributed by atoms with E-state index in [9.17, 15) is 0 Å². The summed E-state index contributed by atoms with van der Waals surface area (Å²) >= 11 is 9.27. The van der Waals surface area contributed by atoms with Crippen LogP contribution in [0.15, 0.2) is 53.0 Å². The van der Waals surface area contributed by atoms with E-state index in [1.807, 2.05) is 42.5 Å². The maximum Gasteiger partial charge on any atom is 0.231 e. The number of thiazole rings is 1. The van der Waals surface area contributed by atoms with Crippen molar-refractivity contribution in [3.05, 3.63) is 69.9 Å². The molecule has 3 heterocycles. The Morgan fingerprint density at radius 1 is 1.10 bits per heavy atom. The molecule has 0 unspecified atom stereocenters. The monoisotopic (exact) mass is 470 g/mol. The predicted octanol–water partition coefficient (Wildman–Crippen LogP) is 5.69. The standard InChI is InChI=1S/C22H19ClN4O2S2/c1-2-27-20(9-14-3-6-16(23)7-4-14)25-26-22(27)31-12-17-11-30-21(24-17)15-5-8-18-19(10-15)29-13-28-18/h3-8,10-11H,2,9,12-13H2,1H3. The maximum absolute atomic E-state index is 5.99. The number of nitrogens with zero attached hydrogens (tertiary/aromatic N) is 4. The summed E-state index contributed by atoms with van der Waals surface area (Å²) in [5.41, 5.74) is 3.22. The molecule has 158 valence electrons. The first kappa shape index (κ1) is 20.4. The molecule has 5 rings (SSSR count). The van der Waals surface area contributed by atoms with Crippen LogP contribution in [0.1, 0.15) is 24.0 Å². The first-order chi connectivity index (χ1) is 15.2. The molecule has 0 fully saturated rings. The number of rotatable bonds is 7. The van der Waals surface area contributed by atoms with Gasteiger partial charge in [-0.25, -0.2) is 4.98 Å². The van der Waals surface area contributed by atoms with Crippen molar-refractivity contribution in [3.8, 4) is 22.1 Å². The number of benzene rings is 2. The highest BCUT2D eigenvalue weighted by molar-refractivity contribution is 7.98. The molecule has 0 aliphatic carbocycles. The molecule has 2 aromatic heterocycles. The molecule has 1 aliphatic heterocycles. The second-order valence-electron chi connectivity index (χ2n) is 6.95. The van der Waals surface area contributed by atoms with Crippen LogP contribution in [0.2, 0.25) is 5.02 Å². The third kappa shape index (κ3) is 4.42. The van der Waals surface area contributed by atoms with Gasteiger partial charge < -0.3 is 14.0 Å². The van der Waals surface area contributed by atoms with Crippen LogP contribution in [-0.4, -0.2) is 26.5 Å². The number of fused-ring (bicyclic) bond motifs is 1. The first-order valence-corrected chi connectivity index (χ1v) is 12.1. The fourth-order valence-corrected chi connectivity index (χ4v) is 5.29. The van der Waals surface area contributed by atoms with Gasteiger partial charge in [-0.05, 0) is 42.8 Å². The van der Waals surface area contributed by atoms with Crippen LogP contribution in [0, 0.1) is 0 Å². The van der Waals surface area contributed by atoms with Gasteiger partial charge in [-0.15, -0.1) is 21.5 Å². The Hall–Kier alpha value is -2.55. The molecule has 0 saturated carbocycles. The molecule has 2 aromatic carbocycles. The van der Waals surface area contributed by atoms with Gasteiger partial charge >= 0.3 is 0 Å². The molecule has 9 heteroatoms. The van der Waals surface area contributed by atoms with Crippen molar-refractivity contribution in [1.82, 2.24) is 19.7 Å². The van der Waals surface area contributed by atoms with E-state index in [2.05, 4.69) is 27.1 Å². The quantitative estimate of drug-likeness (QED) is 0.323. The highest BCUT2D eigenvalue weighted by Crippen LogP contribution is 2.37. The average Bonchev–Trinajstić information content (AvgIpc) is 3.53. The van der Waals surface area contributed by atoms with Crippen molar-refractivity contribution in [1.29, 1.82) is 0 Å². The summed E-state index contributed by atoms with van der Waals surface area (Å²) in [6.45, 7) is 3.20. The molecule has 0 N–H and O–H groups in total. The SMILES string of the molecule is CCn1c(Cc2ccc(Cl)cc2)nnc1SCc1csc(-c2ccc3c(c2)OCO3)n1. The lowest BCUT2D eigenvalue weighted by molar-refractivity contribution is 0.174. The molecule has 6 nitrogen and oxygen atoms in total. The number of hydrogen-bond acceptors (Lipinski definition) is 7. The minimum Gasteiger partial charge on any atom is -0.454 e. The van der Waals surface area contributed by atoms with Crippen molar-refractivity contribution >= 4 is 34.7 Å². The number of halogens is 1. The predicted molar refractivity (Wildman–Crippen MR) is 123 cm³/mol. The van der Waals surface area contributed by atoms with Gasteiger partial charge in [0.2, 0.25) is 6.79 Å². The number of ether oxygens (including phenoxy) is 2. The third-order valence-electron chi connectivity index (χ3n) is 4.91. The Kier molecular flexibility index (Phi) is 5.85. The van der Waals surface area contributed by atoms with Crippen LogP contribution in [0.5, 0.6) is 11.5 Å². The summed E-state index contributed by atoms with van der Waals surface area (Å²) in [4.78, 5) is 4.79. The fraction of sp³-hybridized carbons (Fsp3) is 0.227. The van der Waals surface area contributed by atoms with Crippen molar-refractivity contribution < 1.29 is 9.47 Å². The van der Waals surface area contributed by atoms with Gasteiger partial charge in [-0.1, -0.05) is 35.5 Å². The molecule has 0 bridgehead atoms. The number of aromatic nitrogens is 4. The van der Waals surface area contributed by atoms with Crippen LogP contribution in [0.3, 0.4) is 0 Å². The van der Waals surface area contributed by atoms with E-state index in [0.717, 1.165) is 68.0 Å². The normalized spacial score (nSPS) is 12.5. The van der Waals surface area contributed by atoms with E-state index in [4.69, 9.17) is 26.1 Å². The summed E-state index contributed by atoms with van der Waals surface area (Å²) in [6, 6.07) is 13.8. The minimum atomic E-state index is 0.274. The van der Waals surface area contributed by atoms with Crippen LogP contribution in [0.4, 0.5) is 0 Å². The molecule has 31 heavy (non-hydrogen) atoms. The van der Waals surface area contributed by atoms with Crippen LogP contribution in [0.25, 0.3) is 10.6 Å². The van der Waals surface area contributed by atoms with E-state index in [-0.39, 0.29) is 6.79 Å². The summed E-state index contributed by atoms with van der Waals surface area (Å²) in [7, 11) is 0. The molecule has 0 amide bonds. The second-order valence-corrected chi connectivity index (χ2v) is 9.18. The Balaban J connectivity index is 1.27.